The van der Waals surface area contributed by atoms with E-state index in [9.17, 15) is 14.7 Å². The van der Waals surface area contributed by atoms with Crippen molar-refractivity contribution in [2.75, 3.05) is 17.6 Å². The molecule has 1 aliphatic heterocycles. The SMILES string of the molecule is CCCCCC(=O)O[C@H]1CO[C@@H](CO)[C@@H]1OC(=O)CCCCI. The van der Waals surface area contributed by atoms with E-state index in [2.05, 4.69) is 29.5 Å². The fourth-order valence-electron chi connectivity index (χ4n) is 2.38. The molecule has 0 aromatic carbocycles. The van der Waals surface area contributed by atoms with Crippen LogP contribution in [0.2, 0.25) is 0 Å². The minimum Gasteiger partial charge on any atom is -0.456 e. The normalized spacial score (nSPS) is 23.7. The highest BCUT2D eigenvalue weighted by molar-refractivity contribution is 14.1. The molecule has 6 nitrogen and oxygen atoms in total. The minimum atomic E-state index is -0.720. The molecule has 1 saturated heterocycles. The molecular weight excluding hydrogens is 415 g/mol. The summed E-state index contributed by atoms with van der Waals surface area (Å²) in [4.78, 5) is 23.7. The number of unbranched alkanes of at least 4 members (excludes halogenated alkanes) is 3. The summed E-state index contributed by atoms with van der Waals surface area (Å²) < 4.78 is 17.1. The van der Waals surface area contributed by atoms with Crippen molar-refractivity contribution >= 4 is 34.5 Å². The van der Waals surface area contributed by atoms with Gasteiger partial charge < -0.3 is 19.3 Å². The Labute approximate surface area is 151 Å². The molecule has 7 heteroatoms. The molecule has 0 spiro atoms. The predicted molar refractivity (Wildman–Crippen MR) is 93.5 cm³/mol. The van der Waals surface area contributed by atoms with Gasteiger partial charge in [-0.3, -0.25) is 9.59 Å². The van der Waals surface area contributed by atoms with Gasteiger partial charge in [-0.25, -0.2) is 0 Å². The first kappa shape index (κ1) is 20.6. The molecule has 134 valence electrons. The molecule has 1 rings (SSSR count). The molecule has 1 fully saturated rings. The van der Waals surface area contributed by atoms with E-state index >= 15 is 0 Å². The number of carbonyl (C=O) groups excluding carboxylic acids is 2. The predicted octanol–water partition coefficient (Wildman–Crippen LogP) is 2.39. The average molecular weight is 442 g/mol. The van der Waals surface area contributed by atoms with Gasteiger partial charge in [0.05, 0.1) is 13.2 Å². The third kappa shape index (κ3) is 7.80. The first-order valence-corrected chi connectivity index (χ1v) is 9.82. The number of hydrogen-bond donors (Lipinski definition) is 1. The second-order valence-electron chi connectivity index (χ2n) is 5.64. The highest BCUT2D eigenvalue weighted by atomic mass is 127. The number of rotatable bonds is 11. The maximum Gasteiger partial charge on any atom is 0.306 e. The van der Waals surface area contributed by atoms with Gasteiger partial charge in [0.1, 0.15) is 6.10 Å². The molecule has 0 aromatic rings. The van der Waals surface area contributed by atoms with Gasteiger partial charge in [0.25, 0.3) is 0 Å². The number of ether oxygens (including phenoxy) is 3. The van der Waals surface area contributed by atoms with Gasteiger partial charge in [0.2, 0.25) is 0 Å². The summed E-state index contributed by atoms with van der Waals surface area (Å²) in [6.07, 6.45) is 3.21. The topological polar surface area (TPSA) is 82.1 Å². The summed E-state index contributed by atoms with van der Waals surface area (Å²) in [5.74, 6) is -0.646. The van der Waals surface area contributed by atoms with Gasteiger partial charge in [-0.2, -0.15) is 0 Å². The Morgan fingerprint density at radius 2 is 1.78 bits per heavy atom. The van der Waals surface area contributed by atoms with Gasteiger partial charge >= 0.3 is 11.9 Å². The van der Waals surface area contributed by atoms with Gasteiger partial charge in [-0.05, 0) is 23.7 Å². The van der Waals surface area contributed by atoms with Crippen LogP contribution in [-0.4, -0.2) is 53.0 Å². The maximum atomic E-state index is 11.9. The molecule has 23 heavy (non-hydrogen) atoms. The molecule has 1 aliphatic rings. The van der Waals surface area contributed by atoms with Crippen LogP contribution in [0, 0.1) is 0 Å². The number of esters is 2. The van der Waals surface area contributed by atoms with E-state index in [1.807, 2.05) is 0 Å². The van der Waals surface area contributed by atoms with Crippen molar-refractivity contribution in [1.29, 1.82) is 0 Å². The Hall–Kier alpha value is -0.410. The zero-order valence-electron chi connectivity index (χ0n) is 13.7. The second kappa shape index (κ2) is 12.0. The second-order valence-corrected chi connectivity index (χ2v) is 6.72. The van der Waals surface area contributed by atoms with Gasteiger partial charge in [0.15, 0.2) is 12.2 Å². The summed E-state index contributed by atoms with van der Waals surface area (Å²) in [7, 11) is 0. The summed E-state index contributed by atoms with van der Waals surface area (Å²) in [5.41, 5.74) is 0. The van der Waals surface area contributed by atoms with Crippen molar-refractivity contribution in [3.8, 4) is 0 Å². The third-order valence-corrected chi connectivity index (χ3v) is 4.45. The number of aliphatic hydroxyl groups excluding tert-OH is 1. The molecule has 3 atom stereocenters. The molecule has 0 unspecified atom stereocenters. The quantitative estimate of drug-likeness (QED) is 0.229. The molecule has 0 amide bonds. The van der Waals surface area contributed by atoms with Crippen LogP contribution in [-0.2, 0) is 23.8 Å². The molecule has 0 radical (unpaired) electrons. The number of aliphatic hydroxyl groups is 1. The van der Waals surface area contributed by atoms with Crippen molar-refractivity contribution < 1.29 is 28.9 Å². The Kier molecular flexibility index (Phi) is 10.8. The highest BCUT2D eigenvalue weighted by Crippen LogP contribution is 2.22. The molecule has 1 N–H and O–H groups in total. The Bertz CT molecular complexity index is 362. The van der Waals surface area contributed by atoms with Crippen molar-refractivity contribution in [3.05, 3.63) is 0 Å². The molecular formula is C16H27IO6. The van der Waals surface area contributed by atoms with E-state index < -0.39 is 18.3 Å². The Morgan fingerprint density at radius 3 is 2.39 bits per heavy atom. The van der Waals surface area contributed by atoms with Crippen LogP contribution < -0.4 is 0 Å². The lowest BCUT2D eigenvalue weighted by molar-refractivity contribution is -0.166. The first-order chi connectivity index (χ1) is 11.1. The number of carbonyl (C=O) groups is 2. The van der Waals surface area contributed by atoms with Crippen molar-refractivity contribution in [2.45, 2.75) is 70.2 Å². The van der Waals surface area contributed by atoms with Crippen LogP contribution in [0.4, 0.5) is 0 Å². The van der Waals surface area contributed by atoms with Gasteiger partial charge in [-0.1, -0.05) is 42.4 Å². The van der Waals surface area contributed by atoms with E-state index in [0.29, 0.717) is 12.8 Å². The molecule has 0 aliphatic carbocycles. The van der Waals surface area contributed by atoms with Gasteiger partial charge in [0, 0.05) is 12.8 Å². The number of alkyl halides is 1. The highest BCUT2D eigenvalue weighted by Gasteiger charge is 2.42. The lowest BCUT2D eigenvalue weighted by atomic mass is 10.1. The average Bonchev–Trinajstić information content (AvgIpc) is 2.89. The number of hydrogen-bond acceptors (Lipinski definition) is 6. The first-order valence-electron chi connectivity index (χ1n) is 8.29. The van der Waals surface area contributed by atoms with Crippen molar-refractivity contribution in [1.82, 2.24) is 0 Å². The molecule has 1 heterocycles. The molecule has 0 bridgehead atoms. The standard InChI is InChI=1S/C16H27IO6/c1-2-3-4-7-14(19)22-13-11-21-12(10-18)16(13)23-15(20)8-5-6-9-17/h12-13,16,18H,2-11H2,1H3/t12-,13-,16-/m0/s1. The third-order valence-electron chi connectivity index (χ3n) is 3.69. The lowest BCUT2D eigenvalue weighted by Crippen LogP contribution is -2.39. The minimum absolute atomic E-state index is 0.149. The summed E-state index contributed by atoms with van der Waals surface area (Å²) in [6.45, 7) is 1.95. The van der Waals surface area contributed by atoms with Crippen LogP contribution >= 0.6 is 22.6 Å². The maximum absolute atomic E-state index is 11.9. The summed E-state index contributed by atoms with van der Waals surface area (Å²) >= 11 is 2.26. The zero-order chi connectivity index (χ0) is 17.1. The van der Waals surface area contributed by atoms with Crippen LogP contribution in [0.25, 0.3) is 0 Å². The number of halogens is 1. The molecule has 0 aromatic heterocycles. The Balaban J connectivity index is 2.46. The fraction of sp³-hybridized carbons (Fsp3) is 0.875. The fourth-order valence-corrected chi connectivity index (χ4v) is 2.92. The summed E-state index contributed by atoms with van der Waals surface area (Å²) in [6, 6.07) is 0. The van der Waals surface area contributed by atoms with Crippen LogP contribution in [0.5, 0.6) is 0 Å². The van der Waals surface area contributed by atoms with Gasteiger partial charge in [-0.15, -0.1) is 0 Å². The van der Waals surface area contributed by atoms with Crippen LogP contribution in [0.15, 0.2) is 0 Å². The molecule has 0 saturated carbocycles. The van der Waals surface area contributed by atoms with E-state index in [4.69, 9.17) is 14.2 Å². The zero-order valence-corrected chi connectivity index (χ0v) is 15.8. The smallest absolute Gasteiger partial charge is 0.306 e. The van der Waals surface area contributed by atoms with Crippen LogP contribution in [0.3, 0.4) is 0 Å². The van der Waals surface area contributed by atoms with Crippen molar-refractivity contribution in [3.63, 3.8) is 0 Å². The van der Waals surface area contributed by atoms with E-state index in [1.54, 1.807) is 0 Å². The van der Waals surface area contributed by atoms with Crippen LogP contribution in [0.1, 0.15) is 51.9 Å². The van der Waals surface area contributed by atoms with E-state index in [1.165, 1.54) is 0 Å². The van der Waals surface area contributed by atoms with Crippen molar-refractivity contribution in [2.24, 2.45) is 0 Å². The monoisotopic (exact) mass is 442 g/mol. The Morgan fingerprint density at radius 1 is 1.13 bits per heavy atom. The largest absolute Gasteiger partial charge is 0.456 e. The van der Waals surface area contributed by atoms with E-state index in [-0.39, 0.29) is 25.2 Å². The van der Waals surface area contributed by atoms with E-state index in [0.717, 1.165) is 36.5 Å². The lowest BCUT2D eigenvalue weighted by Gasteiger charge is -2.22. The summed E-state index contributed by atoms with van der Waals surface area (Å²) in [5, 5.41) is 9.33.